The third-order valence-electron chi connectivity index (χ3n) is 9.60. The van der Waals surface area contributed by atoms with Crippen LogP contribution in [0.3, 0.4) is 0 Å². The largest absolute Gasteiger partial charge is 0.395 e. The Kier molecular flexibility index (Phi) is 8.50. The van der Waals surface area contributed by atoms with Gasteiger partial charge in [-0.2, -0.15) is 0 Å². The van der Waals surface area contributed by atoms with E-state index >= 15 is 4.11 Å². The fourth-order valence-corrected chi connectivity index (χ4v) is 10.1. The van der Waals surface area contributed by atoms with Gasteiger partial charge in [-0.3, -0.25) is 14.3 Å². The molecule has 3 aliphatic heterocycles. The summed E-state index contributed by atoms with van der Waals surface area (Å²) in [5.74, 6) is -1.03. The molecule has 0 bridgehead atoms. The van der Waals surface area contributed by atoms with Crippen molar-refractivity contribution in [2.45, 2.75) is 56.1 Å². The molecular weight excluding hydrogens is 591 g/mol. The first-order chi connectivity index (χ1) is 21.6. The number of anilines is 2. The molecule has 12 heteroatoms. The Balaban J connectivity index is 1.32. The lowest BCUT2D eigenvalue weighted by Gasteiger charge is -2.32. The summed E-state index contributed by atoms with van der Waals surface area (Å²) >= 11 is 0. The molecule has 0 saturated carbocycles. The van der Waals surface area contributed by atoms with Gasteiger partial charge in [-0.1, -0.05) is 48.5 Å². The molecule has 2 fully saturated rings. The van der Waals surface area contributed by atoms with Crippen LogP contribution in [0.2, 0.25) is 18.6 Å². The van der Waals surface area contributed by atoms with Crippen LogP contribution in [-0.2, 0) is 26.5 Å². The number of benzene rings is 2. The molecule has 4 heterocycles. The molecule has 3 aromatic rings. The van der Waals surface area contributed by atoms with Crippen molar-refractivity contribution in [1.82, 2.24) is 20.3 Å². The predicted octanol–water partition coefficient (Wildman–Crippen LogP) is 3.74. The third kappa shape index (κ3) is 5.43. The van der Waals surface area contributed by atoms with E-state index in [0.717, 1.165) is 5.56 Å². The highest BCUT2D eigenvalue weighted by Gasteiger charge is 2.66. The monoisotopic (exact) mass is 632 g/mol. The summed E-state index contributed by atoms with van der Waals surface area (Å²) in [5, 5.41) is 21.8. The maximum Gasteiger partial charge on any atom is 0.264 e. The van der Waals surface area contributed by atoms with E-state index in [-0.39, 0.29) is 37.4 Å². The molecule has 2 N–H and O–H groups in total. The lowest BCUT2D eigenvalue weighted by molar-refractivity contribution is -0.145. The Bertz CT molecular complexity index is 1580. The first-order valence-corrected chi connectivity index (χ1v) is 18.6. The number of piperazine rings is 1. The Labute approximate surface area is 264 Å². The zero-order valence-electron chi connectivity index (χ0n) is 26.0. The average molecular weight is 633 g/mol. The second-order valence-corrected chi connectivity index (χ2v) is 16.5. The molecule has 0 aliphatic carbocycles. The van der Waals surface area contributed by atoms with Crippen molar-refractivity contribution in [3.8, 4) is 0 Å². The van der Waals surface area contributed by atoms with E-state index in [9.17, 15) is 14.7 Å². The van der Waals surface area contributed by atoms with Crippen molar-refractivity contribution in [3.05, 3.63) is 84.2 Å². The van der Waals surface area contributed by atoms with E-state index in [2.05, 4.69) is 22.2 Å². The number of nitrogens with one attached hydrogen (secondary N) is 1. The van der Waals surface area contributed by atoms with E-state index in [1.54, 1.807) is 33.7 Å². The topological polar surface area (TPSA) is 113 Å². The van der Waals surface area contributed by atoms with Gasteiger partial charge in [0.05, 0.1) is 36.6 Å². The van der Waals surface area contributed by atoms with Gasteiger partial charge in [0.25, 0.3) is 5.91 Å². The third-order valence-corrected chi connectivity index (χ3v) is 12.1. The molecule has 5 atom stereocenters. The number of halogens is 1. The van der Waals surface area contributed by atoms with E-state index < -0.39 is 31.6 Å². The highest BCUT2D eigenvalue weighted by molar-refractivity contribution is 6.72. The van der Waals surface area contributed by atoms with E-state index in [4.69, 9.17) is 4.74 Å². The molecule has 238 valence electrons. The first kappa shape index (κ1) is 31.3. The molecule has 6 rings (SSSR count). The standard InChI is InChI=1S/C33H41FN6O4Si/c1-5-15-40-28-12-11-24(39-17-14-35-19-30(39)42)18-26(28)33(32(40)43)22(2)31(45(3,4)34)29(44-33)13-16-38-20-27(36-37-38)25(21-41)23-9-7-6-8-10-23/h5-12,18,20,22,25,29,31,35,41H,1,13-17,19,21H2,2-4H3/t22-,25?,29+,31-,33+/m1/s1. The maximum atomic E-state index is 16.3. The minimum absolute atomic E-state index is 0.0427. The van der Waals surface area contributed by atoms with Crippen LogP contribution in [0.1, 0.15) is 36.1 Å². The number of aryl methyl sites for hydroxylation is 1. The highest BCUT2D eigenvalue weighted by Crippen LogP contribution is 2.60. The normalized spacial score (nSPS) is 25.7. The first-order valence-electron chi connectivity index (χ1n) is 15.6. The number of aliphatic hydroxyl groups is 1. The van der Waals surface area contributed by atoms with Gasteiger partial charge < -0.3 is 29.1 Å². The summed E-state index contributed by atoms with van der Waals surface area (Å²) in [5.41, 5.74) is 1.80. The Morgan fingerprint density at radius 3 is 2.71 bits per heavy atom. The van der Waals surface area contributed by atoms with Crippen molar-refractivity contribution in [2.24, 2.45) is 5.92 Å². The van der Waals surface area contributed by atoms with Gasteiger partial charge >= 0.3 is 0 Å². The molecule has 2 aromatic carbocycles. The summed E-state index contributed by atoms with van der Waals surface area (Å²) in [7, 11) is -3.36. The number of hydrogen-bond donors (Lipinski definition) is 2. The second kappa shape index (κ2) is 12.2. The fraction of sp³-hybridized carbons (Fsp3) is 0.455. The molecular formula is C33H41FN6O4Si. The molecule has 2 saturated heterocycles. The fourth-order valence-electron chi connectivity index (χ4n) is 7.56. The summed E-state index contributed by atoms with van der Waals surface area (Å²) in [4.78, 5) is 30.5. The summed E-state index contributed by atoms with van der Waals surface area (Å²) in [6.07, 6.45) is 3.36. The number of aliphatic hydroxyl groups excluding tert-OH is 1. The van der Waals surface area contributed by atoms with Crippen LogP contribution < -0.4 is 15.1 Å². The van der Waals surface area contributed by atoms with Crippen LogP contribution >= 0.6 is 0 Å². The molecule has 10 nitrogen and oxygen atoms in total. The van der Waals surface area contributed by atoms with Crippen molar-refractivity contribution < 1.29 is 23.5 Å². The molecule has 3 aliphatic rings. The number of hydrogen-bond acceptors (Lipinski definition) is 7. The number of aromatic nitrogens is 3. The van der Waals surface area contributed by atoms with Crippen molar-refractivity contribution >= 4 is 31.6 Å². The number of fused-ring (bicyclic) bond motifs is 2. The van der Waals surface area contributed by atoms with Gasteiger partial charge in [-0.15, -0.1) is 11.7 Å². The number of carbonyl (C=O) groups is 2. The molecule has 1 spiro atoms. The van der Waals surface area contributed by atoms with Gasteiger partial charge in [0, 0.05) is 55.1 Å². The van der Waals surface area contributed by atoms with Crippen molar-refractivity contribution in [2.75, 3.05) is 42.6 Å². The minimum Gasteiger partial charge on any atom is -0.395 e. The lowest BCUT2D eigenvalue weighted by atomic mass is 9.82. The van der Waals surface area contributed by atoms with Gasteiger partial charge in [0.15, 0.2) is 5.60 Å². The van der Waals surface area contributed by atoms with Crippen molar-refractivity contribution in [3.63, 3.8) is 0 Å². The smallest absolute Gasteiger partial charge is 0.264 e. The molecule has 1 aromatic heterocycles. The highest BCUT2D eigenvalue weighted by atomic mass is 28.4. The van der Waals surface area contributed by atoms with Crippen molar-refractivity contribution in [1.29, 1.82) is 0 Å². The zero-order valence-corrected chi connectivity index (χ0v) is 27.0. The SMILES string of the molecule is C=CCN1C(=O)[C@@]2(O[C@@H](CCn3cc(C(CO)c4ccccc4)nn3)[C@H]([Si](C)(C)F)[C@H]2C)c2cc(N3CCNCC3=O)ccc21. The van der Waals surface area contributed by atoms with E-state index in [1.165, 1.54) is 0 Å². The van der Waals surface area contributed by atoms with Crippen LogP contribution in [0.5, 0.6) is 0 Å². The van der Waals surface area contributed by atoms with Gasteiger partial charge in [-0.05, 0) is 43.3 Å². The predicted molar refractivity (Wildman–Crippen MR) is 172 cm³/mol. The van der Waals surface area contributed by atoms with Crippen LogP contribution in [-0.4, -0.2) is 79.2 Å². The average Bonchev–Trinajstić information content (AvgIpc) is 3.68. The second-order valence-electron chi connectivity index (χ2n) is 12.7. The van der Waals surface area contributed by atoms with Gasteiger partial charge in [0.1, 0.15) is 0 Å². The Morgan fingerprint density at radius 1 is 1.24 bits per heavy atom. The molecule has 2 amide bonds. The summed E-state index contributed by atoms with van der Waals surface area (Å²) in [6.45, 7) is 11.2. The van der Waals surface area contributed by atoms with E-state index in [1.807, 2.05) is 61.7 Å². The number of carbonyl (C=O) groups excluding carboxylic acids is 2. The number of nitrogens with zero attached hydrogens (tertiary/aromatic N) is 5. The van der Waals surface area contributed by atoms with Crippen LogP contribution in [0.4, 0.5) is 15.5 Å². The Hall–Kier alpha value is -3.71. The van der Waals surface area contributed by atoms with Crippen LogP contribution in [0.15, 0.2) is 67.4 Å². The van der Waals surface area contributed by atoms with E-state index in [0.29, 0.717) is 48.7 Å². The summed E-state index contributed by atoms with van der Waals surface area (Å²) < 4.78 is 24.8. The van der Waals surface area contributed by atoms with Gasteiger partial charge in [0.2, 0.25) is 14.3 Å². The number of rotatable bonds is 10. The van der Waals surface area contributed by atoms with Gasteiger partial charge in [-0.25, -0.2) is 0 Å². The van der Waals surface area contributed by atoms with Crippen LogP contribution in [0, 0.1) is 5.92 Å². The minimum atomic E-state index is -3.36. The quantitative estimate of drug-likeness (QED) is 0.199. The number of amides is 2. The zero-order chi connectivity index (χ0) is 31.9. The molecule has 0 radical (unpaired) electrons. The number of ether oxygens (including phenoxy) is 1. The Morgan fingerprint density at radius 2 is 2.02 bits per heavy atom. The molecule has 45 heavy (non-hydrogen) atoms. The molecule has 1 unspecified atom stereocenters. The summed E-state index contributed by atoms with van der Waals surface area (Å²) in [6, 6.07) is 15.3. The van der Waals surface area contributed by atoms with Crippen LogP contribution in [0.25, 0.3) is 0 Å². The lowest BCUT2D eigenvalue weighted by Crippen LogP contribution is -2.48. The maximum absolute atomic E-state index is 16.3.